The third-order valence-electron chi connectivity index (χ3n) is 5.91. The van der Waals surface area contributed by atoms with Gasteiger partial charge in [-0.25, -0.2) is 18.0 Å². The lowest BCUT2D eigenvalue weighted by Gasteiger charge is -2.32. The van der Waals surface area contributed by atoms with Crippen molar-refractivity contribution in [3.05, 3.63) is 24.3 Å². The van der Waals surface area contributed by atoms with Crippen molar-refractivity contribution < 1.29 is 37.0 Å². The van der Waals surface area contributed by atoms with Gasteiger partial charge in [-0.2, -0.15) is 4.31 Å². The fraction of sp³-hybridized carbons (Fsp3) is 0.700. The van der Waals surface area contributed by atoms with Gasteiger partial charge in [-0.3, -0.25) is 15.0 Å². The van der Waals surface area contributed by atoms with E-state index in [-0.39, 0.29) is 30.5 Å². The molecule has 1 atom stereocenters. The topological polar surface area (TPSA) is 144 Å². The zero-order valence-corrected chi connectivity index (χ0v) is 27.9. The molecule has 0 spiro atoms. The number of rotatable bonds is 18. The Morgan fingerprint density at radius 1 is 0.953 bits per heavy atom. The van der Waals surface area contributed by atoms with Crippen LogP contribution in [-0.2, 0) is 29.0 Å². The van der Waals surface area contributed by atoms with E-state index in [2.05, 4.69) is 10.6 Å². The maximum Gasteiger partial charge on any atom is 0.411 e. The Kier molecular flexibility index (Phi) is 16.6. The molecule has 13 heteroatoms. The van der Waals surface area contributed by atoms with Crippen LogP contribution in [0.15, 0.2) is 29.2 Å². The average molecular weight is 629 g/mol. The van der Waals surface area contributed by atoms with Crippen LogP contribution in [0.25, 0.3) is 0 Å². The fourth-order valence-corrected chi connectivity index (χ4v) is 5.73. The van der Waals surface area contributed by atoms with Gasteiger partial charge in [0.2, 0.25) is 10.0 Å². The Morgan fingerprint density at radius 2 is 1.60 bits per heavy atom. The van der Waals surface area contributed by atoms with Gasteiger partial charge in [0.05, 0.1) is 24.1 Å². The Labute approximate surface area is 257 Å². The number of sulfonamides is 1. The van der Waals surface area contributed by atoms with Crippen LogP contribution in [-0.4, -0.2) is 94.4 Å². The van der Waals surface area contributed by atoms with Gasteiger partial charge in [-0.1, -0.05) is 27.2 Å². The summed E-state index contributed by atoms with van der Waals surface area (Å²) in [5.41, 5.74) is -0.203. The first-order valence-electron chi connectivity index (χ1n) is 14.9. The second kappa shape index (κ2) is 18.7. The van der Waals surface area contributed by atoms with E-state index in [0.717, 1.165) is 12.8 Å². The Morgan fingerprint density at radius 3 is 2.16 bits per heavy atom. The number of anilines is 1. The molecule has 1 rings (SSSR count). The number of hydrogen-bond donors (Lipinski definition) is 2. The normalized spacial score (nSPS) is 12.7. The van der Waals surface area contributed by atoms with E-state index in [1.165, 1.54) is 28.6 Å². The second-order valence-electron chi connectivity index (χ2n) is 12.1. The van der Waals surface area contributed by atoms with Gasteiger partial charge >= 0.3 is 18.2 Å². The number of ether oxygens (including phenoxy) is 3. The van der Waals surface area contributed by atoms with Crippen molar-refractivity contribution in [2.45, 2.75) is 90.2 Å². The van der Waals surface area contributed by atoms with Gasteiger partial charge in [-0.05, 0) is 90.7 Å². The van der Waals surface area contributed by atoms with Crippen LogP contribution in [0.3, 0.4) is 0 Å². The maximum atomic E-state index is 13.9. The fourth-order valence-electron chi connectivity index (χ4n) is 3.93. The lowest BCUT2D eigenvalue weighted by Crippen LogP contribution is -2.45. The molecule has 1 aromatic carbocycles. The zero-order chi connectivity index (χ0) is 32.6. The summed E-state index contributed by atoms with van der Waals surface area (Å²) in [6.45, 7) is 12.0. The van der Waals surface area contributed by atoms with Crippen molar-refractivity contribution in [2.75, 3.05) is 52.3 Å². The molecule has 0 bridgehead atoms. The average Bonchev–Trinajstić information content (AvgIpc) is 2.88. The molecule has 1 aromatic rings. The van der Waals surface area contributed by atoms with Crippen LogP contribution in [0, 0.1) is 5.92 Å². The molecule has 0 aromatic heterocycles. The summed E-state index contributed by atoms with van der Waals surface area (Å²) in [5.74, 6) is -0.466. The SMILES string of the molecule is CCCCOC(=O)Nc1ccc(S(=O)(=O)N(CC(C)C)[C@@H](CCCCNC(=O)OC(C)(C)C)COC(=O)CN(C)C)cc1. The molecule has 0 fully saturated rings. The van der Waals surface area contributed by atoms with E-state index in [0.29, 0.717) is 38.1 Å². The van der Waals surface area contributed by atoms with Crippen LogP contribution in [0.2, 0.25) is 0 Å². The van der Waals surface area contributed by atoms with Crippen molar-refractivity contribution >= 4 is 33.9 Å². The van der Waals surface area contributed by atoms with E-state index < -0.39 is 39.8 Å². The smallest absolute Gasteiger partial charge is 0.411 e. The van der Waals surface area contributed by atoms with Crippen LogP contribution in [0.1, 0.15) is 73.6 Å². The number of carbonyl (C=O) groups is 3. The predicted molar refractivity (Wildman–Crippen MR) is 166 cm³/mol. The Bertz CT molecular complexity index is 1100. The lowest BCUT2D eigenvalue weighted by molar-refractivity contribution is -0.145. The summed E-state index contributed by atoms with van der Waals surface area (Å²) >= 11 is 0. The van der Waals surface area contributed by atoms with E-state index in [1.807, 2.05) is 20.8 Å². The molecule has 0 saturated carbocycles. The van der Waals surface area contributed by atoms with E-state index >= 15 is 0 Å². The highest BCUT2D eigenvalue weighted by Crippen LogP contribution is 2.24. The lowest BCUT2D eigenvalue weighted by atomic mass is 10.1. The standard InChI is InChI=1S/C30H52N4O8S/c1-9-10-19-40-29(37)32-24-14-16-26(17-15-24)43(38,39)34(20-23(2)3)25(22-41-27(35)21-33(7)8)13-11-12-18-31-28(36)42-30(4,5)6/h14-17,23,25H,9-13,18-22H2,1-8H3,(H,31,36)(H,32,37)/t25-/m0/s1. The van der Waals surface area contributed by atoms with Gasteiger partial charge < -0.3 is 19.5 Å². The highest BCUT2D eigenvalue weighted by Gasteiger charge is 2.33. The summed E-state index contributed by atoms with van der Waals surface area (Å²) in [7, 11) is -0.517. The number of nitrogens with zero attached hydrogens (tertiary/aromatic N) is 2. The molecule has 0 aliphatic rings. The number of unbranched alkanes of at least 4 members (excludes halogenated alkanes) is 2. The first-order valence-corrected chi connectivity index (χ1v) is 16.3. The summed E-state index contributed by atoms with van der Waals surface area (Å²) < 4.78 is 45.2. The number of nitrogens with one attached hydrogen (secondary N) is 2. The van der Waals surface area contributed by atoms with Crippen molar-refractivity contribution in [3.8, 4) is 0 Å². The van der Waals surface area contributed by atoms with Gasteiger partial charge in [0.1, 0.15) is 12.2 Å². The van der Waals surface area contributed by atoms with Crippen molar-refractivity contribution in [1.29, 1.82) is 0 Å². The number of esters is 1. The molecule has 0 saturated heterocycles. The highest BCUT2D eigenvalue weighted by atomic mass is 32.2. The monoisotopic (exact) mass is 628 g/mol. The van der Waals surface area contributed by atoms with Gasteiger partial charge in [0.15, 0.2) is 0 Å². The number of amides is 2. The molecule has 0 heterocycles. The molecule has 0 aliphatic heterocycles. The second-order valence-corrected chi connectivity index (χ2v) is 14.0. The van der Waals surface area contributed by atoms with Gasteiger partial charge in [0, 0.05) is 18.8 Å². The van der Waals surface area contributed by atoms with Crippen molar-refractivity contribution in [2.24, 2.45) is 5.92 Å². The van der Waals surface area contributed by atoms with E-state index in [9.17, 15) is 22.8 Å². The molecule has 43 heavy (non-hydrogen) atoms. The maximum absolute atomic E-state index is 13.9. The van der Waals surface area contributed by atoms with Crippen molar-refractivity contribution in [1.82, 2.24) is 14.5 Å². The van der Waals surface area contributed by atoms with Crippen LogP contribution in [0.4, 0.5) is 15.3 Å². The minimum absolute atomic E-state index is 0.0117. The quantitative estimate of drug-likeness (QED) is 0.132. The Hall–Kier alpha value is -2.90. The zero-order valence-electron chi connectivity index (χ0n) is 27.1. The summed E-state index contributed by atoms with van der Waals surface area (Å²) in [6.07, 6.45) is 2.07. The number of likely N-dealkylation sites (N-methyl/N-ethyl adjacent to an activating group) is 1. The molecule has 0 aliphatic carbocycles. The molecule has 2 amide bonds. The molecular formula is C30H52N4O8S. The van der Waals surface area contributed by atoms with Crippen molar-refractivity contribution in [3.63, 3.8) is 0 Å². The number of hydrogen-bond acceptors (Lipinski definition) is 9. The molecule has 0 radical (unpaired) electrons. The van der Waals surface area contributed by atoms with E-state index in [1.54, 1.807) is 39.8 Å². The first kappa shape index (κ1) is 38.1. The minimum Gasteiger partial charge on any atom is -0.463 e. The third-order valence-corrected chi connectivity index (χ3v) is 7.84. The van der Waals surface area contributed by atoms with E-state index in [4.69, 9.17) is 14.2 Å². The third kappa shape index (κ3) is 15.9. The molecular weight excluding hydrogens is 576 g/mol. The van der Waals surface area contributed by atoms with Gasteiger partial charge in [0.25, 0.3) is 0 Å². The van der Waals surface area contributed by atoms with Crippen LogP contribution >= 0.6 is 0 Å². The van der Waals surface area contributed by atoms with Crippen LogP contribution in [0.5, 0.6) is 0 Å². The number of carbonyl (C=O) groups excluding carboxylic acids is 3. The predicted octanol–water partition coefficient (Wildman–Crippen LogP) is 4.85. The number of benzene rings is 1. The molecule has 246 valence electrons. The molecule has 2 N–H and O–H groups in total. The molecule has 0 unspecified atom stereocenters. The summed E-state index contributed by atoms with van der Waals surface area (Å²) in [6, 6.07) is 5.26. The first-order chi connectivity index (χ1) is 20.0. The summed E-state index contributed by atoms with van der Waals surface area (Å²) in [4.78, 5) is 38.0. The molecule has 12 nitrogen and oxygen atoms in total. The number of alkyl carbamates (subject to hydrolysis) is 1. The van der Waals surface area contributed by atoms with Gasteiger partial charge in [-0.15, -0.1) is 0 Å². The summed E-state index contributed by atoms with van der Waals surface area (Å²) in [5, 5.41) is 5.31. The Balaban J connectivity index is 3.09. The minimum atomic E-state index is -4.01. The van der Waals surface area contributed by atoms with Crippen LogP contribution < -0.4 is 10.6 Å². The largest absolute Gasteiger partial charge is 0.463 e. The highest BCUT2D eigenvalue weighted by molar-refractivity contribution is 7.89.